The van der Waals surface area contributed by atoms with Gasteiger partial charge in [0.2, 0.25) is 5.91 Å². The molecule has 2 aromatic rings. The van der Waals surface area contributed by atoms with Crippen molar-refractivity contribution < 1.29 is 4.79 Å². The Hall–Kier alpha value is -2.20. The fourth-order valence-corrected chi connectivity index (χ4v) is 2.91. The number of carbonyl (C=O) groups excluding carboxylic acids is 1. The van der Waals surface area contributed by atoms with Crippen molar-refractivity contribution in [3.63, 3.8) is 0 Å². The maximum Gasteiger partial charge on any atom is 0.229 e. The van der Waals surface area contributed by atoms with Crippen LogP contribution >= 0.6 is 0 Å². The molecular weight excluding hydrogens is 274 g/mol. The first-order valence-corrected chi connectivity index (χ1v) is 7.73. The second kappa shape index (κ2) is 6.71. The Morgan fingerprint density at radius 2 is 2.09 bits per heavy atom. The molecular formula is C18H21N3O. The van der Waals surface area contributed by atoms with Crippen molar-refractivity contribution in [2.75, 3.05) is 19.6 Å². The molecule has 0 radical (unpaired) electrons. The first-order chi connectivity index (χ1) is 10.8. The zero-order valence-electron chi connectivity index (χ0n) is 12.8. The van der Waals surface area contributed by atoms with Crippen LogP contribution in [0.15, 0.2) is 54.9 Å². The summed E-state index contributed by atoms with van der Waals surface area (Å²) in [5.41, 5.74) is 2.20. The van der Waals surface area contributed by atoms with E-state index in [1.807, 2.05) is 54.4 Å². The second-order valence-electron chi connectivity index (χ2n) is 5.71. The van der Waals surface area contributed by atoms with Crippen molar-refractivity contribution in [3.05, 3.63) is 66.0 Å². The minimum Gasteiger partial charge on any atom is -0.339 e. The monoisotopic (exact) mass is 295 g/mol. The standard InChI is InChI=1S/C18H21N3O/c1-14(15-6-3-2-4-7-15)18(22)21-11-10-20-17(13-21)16-8-5-9-19-12-16/h2-9,12,14,17,20H,10-11,13H2,1H3. The van der Waals surface area contributed by atoms with E-state index in [-0.39, 0.29) is 17.9 Å². The smallest absolute Gasteiger partial charge is 0.229 e. The molecule has 1 aliphatic rings. The predicted octanol–water partition coefficient (Wildman–Crippen LogP) is 2.36. The van der Waals surface area contributed by atoms with Crippen molar-refractivity contribution in [1.29, 1.82) is 0 Å². The lowest BCUT2D eigenvalue weighted by Crippen LogP contribution is -2.49. The Labute approximate surface area is 131 Å². The molecule has 2 heterocycles. The molecule has 1 saturated heterocycles. The van der Waals surface area contributed by atoms with Crippen LogP contribution in [0.25, 0.3) is 0 Å². The number of carbonyl (C=O) groups is 1. The van der Waals surface area contributed by atoms with Crippen LogP contribution in [0.3, 0.4) is 0 Å². The lowest BCUT2D eigenvalue weighted by molar-refractivity contribution is -0.133. The fourth-order valence-electron chi connectivity index (χ4n) is 2.91. The van der Waals surface area contributed by atoms with Crippen LogP contribution in [0, 0.1) is 0 Å². The van der Waals surface area contributed by atoms with E-state index in [1.165, 1.54) is 0 Å². The number of benzene rings is 1. The number of pyridine rings is 1. The molecule has 0 saturated carbocycles. The van der Waals surface area contributed by atoms with E-state index < -0.39 is 0 Å². The molecule has 0 aliphatic carbocycles. The lowest BCUT2D eigenvalue weighted by atomic mass is 9.98. The molecule has 1 amide bonds. The Kier molecular flexibility index (Phi) is 4.49. The first kappa shape index (κ1) is 14.7. The molecule has 3 rings (SSSR count). The Morgan fingerprint density at radius 1 is 1.27 bits per heavy atom. The van der Waals surface area contributed by atoms with Gasteiger partial charge in [-0.05, 0) is 24.1 Å². The normalized spacial score (nSPS) is 19.7. The van der Waals surface area contributed by atoms with Gasteiger partial charge in [-0.1, -0.05) is 36.4 Å². The van der Waals surface area contributed by atoms with E-state index in [9.17, 15) is 4.79 Å². The molecule has 1 aromatic heterocycles. The molecule has 0 spiro atoms. The summed E-state index contributed by atoms with van der Waals surface area (Å²) >= 11 is 0. The zero-order chi connectivity index (χ0) is 15.4. The average Bonchev–Trinajstić information content (AvgIpc) is 2.62. The van der Waals surface area contributed by atoms with Crippen molar-refractivity contribution in [1.82, 2.24) is 15.2 Å². The zero-order valence-corrected chi connectivity index (χ0v) is 12.8. The van der Waals surface area contributed by atoms with E-state index >= 15 is 0 Å². The number of nitrogens with one attached hydrogen (secondary N) is 1. The van der Waals surface area contributed by atoms with Crippen LogP contribution in [0.5, 0.6) is 0 Å². The molecule has 2 atom stereocenters. The largest absolute Gasteiger partial charge is 0.339 e. The van der Waals surface area contributed by atoms with Gasteiger partial charge in [-0.15, -0.1) is 0 Å². The average molecular weight is 295 g/mol. The highest BCUT2D eigenvalue weighted by Crippen LogP contribution is 2.22. The number of nitrogens with zero attached hydrogens (tertiary/aromatic N) is 2. The number of piperazine rings is 1. The van der Waals surface area contributed by atoms with Crippen LogP contribution in [-0.2, 0) is 4.79 Å². The van der Waals surface area contributed by atoms with E-state index in [1.54, 1.807) is 6.20 Å². The van der Waals surface area contributed by atoms with Crippen molar-refractivity contribution >= 4 is 5.91 Å². The van der Waals surface area contributed by atoms with Gasteiger partial charge < -0.3 is 10.2 Å². The fraction of sp³-hybridized carbons (Fsp3) is 0.333. The summed E-state index contributed by atoms with van der Waals surface area (Å²) in [6, 6.07) is 14.1. The number of aromatic nitrogens is 1. The van der Waals surface area contributed by atoms with Gasteiger partial charge in [0.25, 0.3) is 0 Å². The highest BCUT2D eigenvalue weighted by Gasteiger charge is 2.27. The minimum absolute atomic E-state index is 0.103. The Bertz CT molecular complexity index is 615. The van der Waals surface area contributed by atoms with Gasteiger partial charge in [0, 0.05) is 32.0 Å². The van der Waals surface area contributed by atoms with Crippen LogP contribution in [0.4, 0.5) is 0 Å². The summed E-state index contributed by atoms with van der Waals surface area (Å²) in [6.45, 7) is 4.25. The highest BCUT2D eigenvalue weighted by molar-refractivity contribution is 5.83. The van der Waals surface area contributed by atoms with Crippen molar-refractivity contribution in [2.24, 2.45) is 0 Å². The Morgan fingerprint density at radius 3 is 2.82 bits per heavy atom. The van der Waals surface area contributed by atoms with E-state index in [0.717, 1.165) is 24.2 Å². The number of amides is 1. The molecule has 0 bridgehead atoms. The van der Waals surface area contributed by atoms with Gasteiger partial charge in [0.05, 0.1) is 12.0 Å². The Balaban J connectivity index is 1.70. The molecule has 4 heteroatoms. The predicted molar refractivity (Wildman–Crippen MR) is 86.4 cm³/mol. The summed E-state index contributed by atoms with van der Waals surface area (Å²) in [7, 11) is 0. The molecule has 22 heavy (non-hydrogen) atoms. The molecule has 4 nitrogen and oxygen atoms in total. The number of hydrogen-bond donors (Lipinski definition) is 1. The van der Waals surface area contributed by atoms with Gasteiger partial charge in [-0.25, -0.2) is 0 Å². The van der Waals surface area contributed by atoms with Crippen LogP contribution < -0.4 is 5.32 Å². The molecule has 1 fully saturated rings. The molecule has 2 unspecified atom stereocenters. The summed E-state index contributed by atoms with van der Waals surface area (Å²) in [6.07, 6.45) is 3.64. The van der Waals surface area contributed by atoms with E-state index in [2.05, 4.69) is 16.4 Å². The van der Waals surface area contributed by atoms with Crippen LogP contribution in [-0.4, -0.2) is 35.4 Å². The first-order valence-electron chi connectivity index (χ1n) is 7.73. The van der Waals surface area contributed by atoms with Gasteiger partial charge >= 0.3 is 0 Å². The molecule has 1 N–H and O–H groups in total. The third kappa shape index (κ3) is 3.17. The van der Waals surface area contributed by atoms with Gasteiger partial charge in [0.1, 0.15) is 0 Å². The lowest BCUT2D eigenvalue weighted by Gasteiger charge is -2.35. The van der Waals surface area contributed by atoms with Gasteiger partial charge in [-0.2, -0.15) is 0 Å². The number of rotatable bonds is 3. The van der Waals surface area contributed by atoms with Crippen molar-refractivity contribution in [2.45, 2.75) is 18.9 Å². The SMILES string of the molecule is CC(C(=O)N1CCNC(c2cccnc2)C1)c1ccccc1. The third-order valence-electron chi connectivity index (χ3n) is 4.24. The van der Waals surface area contributed by atoms with Gasteiger partial charge in [-0.3, -0.25) is 9.78 Å². The topological polar surface area (TPSA) is 45.2 Å². The maximum atomic E-state index is 12.8. The molecule has 114 valence electrons. The summed E-state index contributed by atoms with van der Waals surface area (Å²) in [5.74, 6) is 0.0930. The van der Waals surface area contributed by atoms with Crippen LogP contribution in [0.2, 0.25) is 0 Å². The molecule has 1 aliphatic heterocycles. The highest BCUT2D eigenvalue weighted by atomic mass is 16.2. The maximum absolute atomic E-state index is 12.8. The third-order valence-corrected chi connectivity index (χ3v) is 4.24. The van der Waals surface area contributed by atoms with Crippen molar-refractivity contribution in [3.8, 4) is 0 Å². The summed E-state index contributed by atoms with van der Waals surface area (Å²) in [4.78, 5) is 18.9. The minimum atomic E-state index is -0.103. The van der Waals surface area contributed by atoms with E-state index in [4.69, 9.17) is 0 Å². The molecule has 1 aromatic carbocycles. The summed E-state index contributed by atoms with van der Waals surface area (Å²) in [5, 5.41) is 3.47. The summed E-state index contributed by atoms with van der Waals surface area (Å²) < 4.78 is 0. The van der Waals surface area contributed by atoms with Gasteiger partial charge in [0.15, 0.2) is 0 Å². The quantitative estimate of drug-likeness (QED) is 0.945. The number of hydrogen-bond acceptors (Lipinski definition) is 3. The second-order valence-corrected chi connectivity index (χ2v) is 5.71. The van der Waals surface area contributed by atoms with Crippen LogP contribution in [0.1, 0.15) is 30.0 Å². The van der Waals surface area contributed by atoms with E-state index in [0.29, 0.717) is 6.54 Å².